The van der Waals surface area contributed by atoms with Gasteiger partial charge in [0.1, 0.15) is 5.78 Å². The summed E-state index contributed by atoms with van der Waals surface area (Å²) in [5, 5.41) is 8.91. The minimum atomic E-state index is 0.415. The van der Waals surface area contributed by atoms with Gasteiger partial charge >= 0.3 is 0 Å². The lowest BCUT2D eigenvalue weighted by Crippen LogP contribution is -2.47. The Hall–Kier alpha value is -0.840. The highest BCUT2D eigenvalue weighted by molar-refractivity contribution is 5.91. The van der Waals surface area contributed by atoms with E-state index in [1.165, 1.54) is 6.42 Å². The van der Waals surface area contributed by atoms with Gasteiger partial charge in [0.2, 0.25) is 0 Å². The molecule has 2 bridgehead atoms. The van der Waals surface area contributed by atoms with E-state index < -0.39 is 0 Å². The maximum absolute atomic E-state index is 12.2. The third kappa shape index (κ3) is 0.485. The minimum Gasteiger partial charge on any atom is -0.299 e. The molecule has 0 radical (unpaired) electrons. The van der Waals surface area contributed by atoms with Gasteiger partial charge in [-0.2, -0.15) is 5.26 Å². The first kappa shape index (κ1) is 7.44. The van der Waals surface area contributed by atoms with Crippen molar-refractivity contribution in [3.05, 3.63) is 0 Å². The summed E-state index contributed by atoms with van der Waals surface area (Å²) in [7, 11) is 0. The quantitative estimate of drug-likeness (QED) is 0.641. The van der Waals surface area contributed by atoms with Crippen LogP contribution >= 0.6 is 0 Å². The molecule has 2 nitrogen and oxygen atoms in total. The fourth-order valence-electron chi connectivity index (χ4n) is 6.72. The normalized spacial score (nSPS) is 70.1. The monoisotopic (exact) mass is 199 g/mol. The first-order valence-corrected chi connectivity index (χ1v) is 6.25. The fraction of sp³-hybridized carbons (Fsp3) is 0.846. The van der Waals surface area contributed by atoms with E-state index in [1.807, 2.05) is 0 Å². The van der Waals surface area contributed by atoms with Gasteiger partial charge < -0.3 is 0 Å². The van der Waals surface area contributed by atoms with Gasteiger partial charge in [0.15, 0.2) is 0 Å². The van der Waals surface area contributed by atoms with Gasteiger partial charge in [-0.05, 0) is 47.8 Å². The van der Waals surface area contributed by atoms with Crippen LogP contribution in [0.1, 0.15) is 12.8 Å². The molecular formula is C13H13NO. The van der Waals surface area contributed by atoms with E-state index in [0.29, 0.717) is 35.4 Å². The van der Waals surface area contributed by atoms with Gasteiger partial charge in [-0.15, -0.1) is 0 Å². The van der Waals surface area contributed by atoms with Crippen molar-refractivity contribution in [2.75, 3.05) is 0 Å². The molecule has 5 aliphatic rings. The Kier molecular flexibility index (Phi) is 0.933. The van der Waals surface area contributed by atoms with E-state index in [9.17, 15) is 4.79 Å². The van der Waals surface area contributed by atoms with Crippen LogP contribution in [0.15, 0.2) is 0 Å². The molecule has 0 heterocycles. The first-order chi connectivity index (χ1) is 7.34. The summed E-state index contributed by atoms with van der Waals surface area (Å²) in [6, 6.07) is 2.36. The van der Waals surface area contributed by atoms with Crippen LogP contribution in [-0.2, 0) is 4.79 Å². The molecule has 76 valence electrons. The van der Waals surface area contributed by atoms with E-state index in [4.69, 9.17) is 5.26 Å². The molecule has 0 spiro atoms. The van der Waals surface area contributed by atoms with Crippen LogP contribution in [0.2, 0.25) is 0 Å². The largest absolute Gasteiger partial charge is 0.299 e. The average molecular weight is 199 g/mol. The molecule has 0 aliphatic heterocycles. The van der Waals surface area contributed by atoms with Crippen LogP contribution in [0.4, 0.5) is 0 Å². The Labute approximate surface area is 88.6 Å². The van der Waals surface area contributed by atoms with Crippen molar-refractivity contribution < 1.29 is 4.79 Å². The third-order valence-corrected chi connectivity index (χ3v) is 6.59. The number of nitrogens with zero attached hydrogens (tertiary/aromatic N) is 1. The highest BCUT2D eigenvalue weighted by Gasteiger charge is 2.83. The Bertz CT molecular complexity index is 436. The Morgan fingerprint density at radius 1 is 1.13 bits per heavy atom. The van der Waals surface area contributed by atoms with Crippen molar-refractivity contribution in [1.82, 2.24) is 0 Å². The summed E-state index contributed by atoms with van der Waals surface area (Å²) in [6.45, 7) is 0. The molecule has 0 aromatic carbocycles. The van der Waals surface area contributed by atoms with Crippen molar-refractivity contribution in [3.8, 4) is 6.07 Å². The van der Waals surface area contributed by atoms with E-state index in [-0.39, 0.29) is 0 Å². The Morgan fingerprint density at radius 3 is 2.80 bits per heavy atom. The smallest absolute Gasteiger partial charge is 0.140 e. The lowest BCUT2D eigenvalue weighted by molar-refractivity contribution is -0.136. The molecule has 5 fully saturated rings. The first-order valence-electron chi connectivity index (χ1n) is 6.25. The van der Waals surface area contributed by atoms with Gasteiger partial charge in [0.05, 0.1) is 6.07 Å². The minimum absolute atomic E-state index is 0.415. The topological polar surface area (TPSA) is 40.9 Å². The van der Waals surface area contributed by atoms with Crippen LogP contribution in [0.25, 0.3) is 0 Å². The van der Waals surface area contributed by atoms with E-state index >= 15 is 0 Å². The number of rotatable bonds is 1. The molecular weight excluding hydrogens is 186 g/mol. The van der Waals surface area contributed by atoms with Crippen LogP contribution in [0, 0.1) is 64.6 Å². The summed E-state index contributed by atoms with van der Waals surface area (Å²) in [6.07, 6.45) is 2.06. The summed E-state index contributed by atoms with van der Waals surface area (Å²) < 4.78 is 0. The molecule has 9 unspecified atom stereocenters. The van der Waals surface area contributed by atoms with Gasteiger partial charge in [-0.25, -0.2) is 0 Å². The van der Waals surface area contributed by atoms with Gasteiger partial charge in [-0.1, -0.05) is 0 Å². The second-order valence-corrected chi connectivity index (χ2v) is 6.35. The van der Waals surface area contributed by atoms with Crippen molar-refractivity contribution >= 4 is 5.78 Å². The zero-order valence-electron chi connectivity index (χ0n) is 8.47. The summed E-state index contributed by atoms with van der Waals surface area (Å²) in [4.78, 5) is 12.2. The van der Waals surface area contributed by atoms with E-state index in [1.54, 1.807) is 0 Å². The molecule has 9 atom stereocenters. The number of fused-ring (bicyclic) bond motifs is 2. The lowest BCUT2D eigenvalue weighted by Gasteiger charge is -2.46. The average Bonchev–Trinajstić information content (AvgIpc) is 2.67. The van der Waals surface area contributed by atoms with Gasteiger partial charge in [0, 0.05) is 18.3 Å². The SMILES string of the molecule is N#CCC1C2C3CC4C2C(=O)C2C4C3C12. The second kappa shape index (κ2) is 1.88. The maximum atomic E-state index is 12.2. The van der Waals surface area contributed by atoms with Crippen molar-refractivity contribution in [2.45, 2.75) is 12.8 Å². The number of hydrogen-bond donors (Lipinski definition) is 0. The van der Waals surface area contributed by atoms with Gasteiger partial charge in [0.25, 0.3) is 0 Å². The second-order valence-electron chi connectivity index (χ2n) is 6.35. The summed E-state index contributed by atoms with van der Waals surface area (Å²) in [5.41, 5.74) is 0. The fourth-order valence-corrected chi connectivity index (χ4v) is 6.72. The molecule has 2 heteroatoms. The number of ketones is 1. The molecule has 5 saturated carbocycles. The number of carbonyl (C=O) groups is 1. The van der Waals surface area contributed by atoms with Crippen LogP contribution in [0.3, 0.4) is 0 Å². The number of Topliss-reactive ketones (excluding diaryl/α,β-unsaturated/α-hetero) is 1. The molecule has 0 aromatic rings. The van der Waals surface area contributed by atoms with Crippen LogP contribution in [-0.4, -0.2) is 5.78 Å². The Morgan fingerprint density at radius 2 is 2.00 bits per heavy atom. The molecule has 5 aliphatic carbocycles. The zero-order chi connectivity index (χ0) is 9.89. The van der Waals surface area contributed by atoms with Crippen LogP contribution < -0.4 is 0 Å². The van der Waals surface area contributed by atoms with E-state index in [0.717, 1.165) is 30.1 Å². The standard InChI is InChI=1S/C13H13NO/c14-2-1-4-7-5-3-6-10-9(5)8(4)12(10)13(15)11(6)7/h4-12H,1,3H2. The van der Waals surface area contributed by atoms with E-state index in [2.05, 4.69) is 6.07 Å². The molecule has 15 heavy (non-hydrogen) atoms. The third-order valence-electron chi connectivity index (χ3n) is 6.59. The lowest BCUT2D eigenvalue weighted by atomic mass is 9.57. The summed E-state index contributed by atoms with van der Waals surface area (Å²) >= 11 is 0. The summed E-state index contributed by atoms with van der Waals surface area (Å²) in [5.74, 6) is 6.66. The van der Waals surface area contributed by atoms with Crippen LogP contribution in [0.5, 0.6) is 0 Å². The predicted octanol–water partition coefficient (Wildman–Crippen LogP) is 1.47. The number of nitriles is 1. The zero-order valence-corrected chi connectivity index (χ0v) is 8.47. The van der Waals surface area contributed by atoms with Crippen molar-refractivity contribution in [3.63, 3.8) is 0 Å². The van der Waals surface area contributed by atoms with Crippen molar-refractivity contribution in [2.24, 2.45) is 53.3 Å². The highest BCUT2D eigenvalue weighted by Crippen LogP contribution is 2.83. The molecule has 5 rings (SSSR count). The molecule has 0 amide bonds. The number of carbonyl (C=O) groups excluding carboxylic acids is 1. The highest BCUT2D eigenvalue weighted by atomic mass is 16.1. The maximum Gasteiger partial charge on any atom is 0.140 e. The van der Waals surface area contributed by atoms with Crippen molar-refractivity contribution in [1.29, 1.82) is 5.26 Å². The van der Waals surface area contributed by atoms with Gasteiger partial charge in [-0.3, -0.25) is 4.79 Å². The molecule has 0 N–H and O–H groups in total. The molecule has 0 aromatic heterocycles. The number of hydrogen-bond acceptors (Lipinski definition) is 2. The molecule has 0 saturated heterocycles. The predicted molar refractivity (Wildman–Crippen MR) is 51.3 cm³/mol. The Balaban J connectivity index is 1.72.